The zero-order valence-electron chi connectivity index (χ0n) is 8.51. The van der Waals surface area contributed by atoms with Crippen LogP contribution in [-0.4, -0.2) is 23.3 Å². The van der Waals surface area contributed by atoms with E-state index < -0.39 is 5.60 Å². The van der Waals surface area contributed by atoms with Crippen LogP contribution in [0.2, 0.25) is 0 Å². The summed E-state index contributed by atoms with van der Waals surface area (Å²) in [5.74, 6) is -0.268. The van der Waals surface area contributed by atoms with E-state index in [2.05, 4.69) is 0 Å². The van der Waals surface area contributed by atoms with Crippen molar-refractivity contribution in [2.24, 2.45) is 0 Å². The molecule has 1 saturated carbocycles. The summed E-state index contributed by atoms with van der Waals surface area (Å²) in [6.45, 7) is 1.71. The molecule has 0 aromatic carbocycles. The number of aliphatic hydroxyl groups is 1. The number of epoxide rings is 1. The minimum Gasteiger partial charge on any atom is -0.437 e. The number of rotatable bonds is 2. The molecule has 3 heteroatoms. The standard InChI is InChI=1S/C11H16O3/c1-8(9-5-3-2-4-6-9)11(7-12)10(13)14-11/h12H,2-7H2,1H3. The number of cyclic esters (lactones) is 1. The van der Waals surface area contributed by atoms with Crippen molar-refractivity contribution in [3.05, 3.63) is 11.1 Å². The number of carbonyl (C=O) groups excluding carboxylic acids is 1. The molecule has 1 heterocycles. The maximum Gasteiger partial charge on any atom is 0.359 e. The first-order valence-electron chi connectivity index (χ1n) is 5.24. The minimum atomic E-state index is -0.938. The fraction of sp³-hybridized carbons (Fsp3) is 0.727. The lowest BCUT2D eigenvalue weighted by Gasteiger charge is -2.18. The molecule has 1 atom stereocenters. The lowest BCUT2D eigenvalue weighted by Crippen LogP contribution is -2.22. The number of ether oxygens (including phenoxy) is 1. The first kappa shape index (κ1) is 9.71. The van der Waals surface area contributed by atoms with Crippen LogP contribution in [0.15, 0.2) is 11.1 Å². The van der Waals surface area contributed by atoms with Gasteiger partial charge in [-0.1, -0.05) is 12.0 Å². The van der Waals surface area contributed by atoms with Crippen molar-refractivity contribution < 1.29 is 14.6 Å². The Labute approximate surface area is 83.8 Å². The first-order chi connectivity index (χ1) is 6.70. The SMILES string of the molecule is CC(=C1CCCCC1)C1(CO)OC1=O. The molecule has 1 N–H and O–H groups in total. The second kappa shape index (κ2) is 3.39. The summed E-state index contributed by atoms with van der Waals surface area (Å²) >= 11 is 0. The second-order valence-corrected chi connectivity index (χ2v) is 4.16. The quantitative estimate of drug-likeness (QED) is 0.538. The molecular formula is C11H16O3. The Morgan fingerprint density at radius 1 is 1.43 bits per heavy atom. The summed E-state index contributed by atoms with van der Waals surface area (Å²) in [5, 5.41) is 9.15. The highest BCUT2D eigenvalue weighted by Gasteiger charge is 2.59. The van der Waals surface area contributed by atoms with Crippen LogP contribution in [0.1, 0.15) is 39.0 Å². The van der Waals surface area contributed by atoms with Crippen molar-refractivity contribution in [3.63, 3.8) is 0 Å². The van der Waals surface area contributed by atoms with Gasteiger partial charge in [-0.2, -0.15) is 0 Å². The van der Waals surface area contributed by atoms with Gasteiger partial charge in [0, 0.05) is 0 Å². The topological polar surface area (TPSA) is 49.8 Å². The second-order valence-electron chi connectivity index (χ2n) is 4.16. The van der Waals surface area contributed by atoms with Gasteiger partial charge in [0.25, 0.3) is 5.60 Å². The Hall–Kier alpha value is -0.830. The van der Waals surface area contributed by atoms with E-state index in [0.29, 0.717) is 0 Å². The first-order valence-corrected chi connectivity index (χ1v) is 5.24. The number of aliphatic hydroxyl groups excluding tert-OH is 1. The lowest BCUT2D eigenvalue weighted by molar-refractivity contribution is -0.117. The molecule has 0 aromatic rings. The Bertz CT molecular complexity index is 285. The smallest absolute Gasteiger partial charge is 0.359 e. The summed E-state index contributed by atoms with van der Waals surface area (Å²) < 4.78 is 4.92. The van der Waals surface area contributed by atoms with Crippen molar-refractivity contribution in [1.82, 2.24) is 0 Å². The van der Waals surface area contributed by atoms with E-state index >= 15 is 0 Å². The van der Waals surface area contributed by atoms with Gasteiger partial charge in [-0.05, 0) is 38.2 Å². The molecular weight excluding hydrogens is 180 g/mol. The van der Waals surface area contributed by atoms with Crippen LogP contribution in [-0.2, 0) is 9.53 Å². The molecule has 0 radical (unpaired) electrons. The van der Waals surface area contributed by atoms with E-state index in [4.69, 9.17) is 9.84 Å². The third-order valence-corrected chi connectivity index (χ3v) is 3.37. The molecule has 1 saturated heterocycles. The van der Waals surface area contributed by atoms with Crippen LogP contribution in [0.4, 0.5) is 0 Å². The summed E-state index contributed by atoms with van der Waals surface area (Å²) in [5.41, 5.74) is 1.34. The fourth-order valence-electron chi connectivity index (χ4n) is 2.22. The molecule has 0 amide bonds. The highest BCUT2D eigenvalue weighted by atomic mass is 16.7. The highest BCUT2D eigenvalue weighted by Crippen LogP contribution is 2.40. The number of hydrogen-bond acceptors (Lipinski definition) is 3. The van der Waals surface area contributed by atoms with Crippen LogP contribution in [0.25, 0.3) is 0 Å². The molecule has 2 rings (SSSR count). The molecule has 1 aliphatic carbocycles. The van der Waals surface area contributed by atoms with Gasteiger partial charge in [0.05, 0.1) is 6.61 Å². The van der Waals surface area contributed by atoms with Gasteiger partial charge in [-0.3, -0.25) is 0 Å². The van der Waals surface area contributed by atoms with Crippen molar-refractivity contribution in [2.75, 3.05) is 6.61 Å². The predicted molar refractivity (Wildman–Crippen MR) is 51.7 cm³/mol. The largest absolute Gasteiger partial charge is 0.437 e. The highest BCUT2D eigenvalue weighted by molar-refractivity contribution is 5.97. The number of allylic oxidation sites excluding steroid dienone is 1. The van der Waals surface area contributed by atoms with Crippen LogP contribution >= 0.6 is 0 Å². The van der Waals surface area contributed by atoms with E-state index in [1.165, 1.54) is 24.8 Å². The minimum absolute atomic E-state index is 0.207. The van der Waals surface area contributed by atoms with Crippen LogP contribution in [0.5, 0.6) is 0 Å². The molecule has 2 aliphatic rings. The van der Waals surface area contributed by atoms with Crippen LogP contribution in [0, 0.1) is 0 Å². The van der Waals surface area contributed by atoms with Crippen molar-refractivity contribution >= 4 is 5.97 Å². The fourth-order valence-corrected chi connectivity index (χ4v) is 2.22. The molecule has 3 nitrogen and oxygen atoms in total. The van der Waals surface area contributed by atoms with Gasteiger partial charge in [-0.15, -0.1) is 0 Å². The van der Waals surface area contributed by atoms with Gasteiger partial charge < -0.3 is 9.84 Å². The van der Waals surface area contributed by atoms with E-state index in [1.54, 1.807) is 0 Å². The van der Waals surface area contributed by atoms with Gasteiger partial charge in [0.2, 0.25) is 0 Å². The average molecular weight is 196 g/mol. The molecule has 0 bridgehead atoms. The van der Waals surface area contributed by atoms with E-state index in [9.17, 15) is 4.79 Å². The normalized spacial score (nSPS) is 31.3. The maximum atomic E-state index is 11.1. The zero-order valence-corrected chi connectivity index (χ0v) is 8.51. The Morgan fingerprint density at radius 2 is 2.00 bits per heavy atom. The summed E-state index contributed by atoms with van der Waals surface area (Å²) in [4.78, 5) is 11.1. The zero-order chi connectivity index (χ0) is 10.2. The van der Waals surface area contributed by atoms with E-state index in [1.807, 2.05) is 6.92 Å². The van der Waals surface area contributed by atoms with E-state index in [-0.39, 0.29) is 12.6 Å². The molecule has 14 heavy (non-hydrogen) atoms. The molecule has 0 aromatic heterocycles. The van der Waals surface area contributed by atoms with E-state index in [0.717, 1.165) is 18.4 Å². The monoisotopic (exact) mass is 196 g/mol. The van der Waals surface area contributed by atoms with Crippen LogP contribution in [0.3, 0.4) is 0 Å². The van der Waals surface area contributed by atoms with Gasteiger partial charge in [-0.25, -0.2) is 4.79 Å². The van der Waals surface area contributed by atoms with Crippen LogP contribution < -0.4 is 0 Å². The molecule has 2 fully saturated rings. The summed E-state index contributed by atoms with van der Waals surface area (Å²) in [6.07, 6.45) is 5.79. The molecule has 1 unspecified atom stereocenters. The van der Waals surface area contributed by atoms with Crippen molar-refractivity contribution in [3.8, 4) is 0 Å². The Morgan fingerprint density at radius 3 is 2.43 bits per heavy atom. The van der Waals surface area contributed by atoms with Gasteiger partial charge in [0.15, 0.2) is 0 Å². The molecule has 1 aliphatic heterocycles. The lowest BCUT2D eigenvalue weighted by atomic mass is 9.86. The van der Waals surface area contributed by atoms with Gasteiger partial charge in [0.1, 0.15) is 0 Å². The number of hydrogen-bond donors (Lipinski definition) is 1. The Balaban J connectivity index is 2.20. The van der Waals surface area contributed by atoms with Gasteiger partial charge >= 0.3 is 5.97 Å². The summed E-state index contributed by atoms with van der Waals surface area (Å²) in [6, 6.07) is 0. The predicted octanol–water partition coefficient (Wildman–Crippen LogP) is 1.55. The summed E-state index contributed by atoms with van der Waals surface area (Å²) in [7, 11) is 0. The maximum absolute atomic E-state index is 11.1. The third kappa shape index (κ3) is 1.36. The van der Waals surface area contributed by atoms with Crippen molar-refractivity contribution in [1.29, 1.82) is 0 Å². The number of carbonyl (C=O) groups is 1. The molecule has 0 spiro atoms. The molecule has 78 valence electrons. The van der Waals surface area contributed by atoms with Crippen molar-refractivity contribution in [2.45, 2.75) is 44.6 Å². The average Bonchev–Trinajstić information content (AvgIpc) is 2.91. The third-order valence-electron chi connectivity index (χ3n) is 3.37. The Kier molecular flexibility index (Phi) is 2.35.